The van der Waals surface area contributed by atoms with Gasteiger partial charge >= 0.3 is 0 Å². The standard InChI is InChI=1S/C7H16N/c1-3-5-8(4-2)6-7-8/h3-7H2,1-2H3/q+1. The number of quaternary nitrogens is 1. The van der Waals surface area contributed by atoms with Crippen molar-refractivity contribution in [3.05, 3.63) is 0 Å². The number of hydrogen-bond donors (Lipinski definition) is 0. The van der Waals surface area contributed by atoms with Crippen LogP contribution < -0.4 is 0 Å². The fourth-order valence-electron chi connectivity index (χ4n) is 1.31. The fraction of sp³-hybridized carbons (Fsp3) is 1.00. The second-order valence-electron chi connectivity index (χ2n) is 2.83. The topological polar surface area (TPSA) is 0 Å². The normalized spacial score (nSPS) is 23.2. The van der Waals surface area contributed by atoms with E-state index in [-0.39, 0.29) is 0 Å². The molecular weight excluding hydrogens is 98.1 g/mol. The molecule has 1 rings (SSSR count). The molecule has 1 aliphatic heterocycles. The Morgan fingerprint density at radius 1 is 1.25 bits per heavy atom. The van der Waals surface area contributed by atoms with E-state index in [1.807, 2.05) is 0 Å². The molecular formula is C7H16N+. The van der Waals surface area contributed by atoms with Gasteiger partial charge in [-0.05, 0) is 13.3 Å². The summed E-state index contributed by atoms with van der Waals surface area (Å²) in [6.45, 7) is 10.2. The van der Waals surface area contributed by atoms with Crippen LogP contribution in [0, 0.1) is 0 Å². The minimum Gasteiger partial charge on any atom is -0.315 e. The van der Waals surface area contributed by atoms with E-state index in [1.54, 1.807) is 0 Å². The molecule has 0 radical (unpaired) electrons. The second-order valence-corrected chi connectivity index (χ2v) is 2.83. The third-order valence-corrected chi connectivity index (χ3v) is 2.22. The van der Waals surface area contributed by atoms with Gasteiger partial charge in [-0.25, -0.2) is 0 Å². The van der Waals surface area contributed by atoms with E-state index in [9.17, 15) is 0 Å². The Kier molecular flexibility index (Phi) is 1.57. The molecule has 1 heterocycles. The first-order valence-electron chi connectivity index (χ1n) is 3.68. The maximum Gasteiger partial charge on any atom is 0.129 e. The molecule has 0 saturated carbocycles. The van der Waals surface area contributed by atoms with Gasteiger partial charge in [-0.1, -0.05) is 6.92 Å². The van der Waals surface area contributed by atoms with Gasteiger partial charge in [0.15, 0.2) is 0 Å². The minimum atomic E-state index is 1.36. The van der Waals surface area contributed by atoms with Crippen molar-refractivity contribution < 1.29 is 4.48 Å². The van der Waals surface area contributed by atoms with Crippen LogP contribution in [0.5, 0.6) is 0 Å². The van der Waals surface area contributed by atoms with Crippen LogP contribution in [0.2, 0.25) is 0 Å². The summed E-state index contributed by atoms with van der Waals surface area (Å²) in [5.74, 6) is 0. The molecule has 0 N–H and O–H groups in total. The lowest BCUT2D eigenvalue weighted by Crippen LogP contribution is -2.25. The van der Waals surface area contributed by atoms with E-state index in [4.69, 9.17) is 0 Å². The van der Waals surface area contributed by atoms with Gasteiger partial charge in [0.1, 0.15) is 13.1 Å². The Morgan fingerprint density at radius 2 is 1.88 bits per heavy atom. The average molecular weight is 114 g/mol. The summed E-state index contributed by atoms with van der Waals surface area (Å²) in [6.07, 6.45) is 1.36. The molecule has 0 aromatic heterocycles. The zero-order chi connectivity index (χ0) is 6.04. The van der Waals surface area contributed by atoms with Crippen molar-refractivity contribution >= 4 is 0 Å². The molecule has 0 aliphatic carbocycles. The fourth-order valence-corrected chi connectivity index (χ4v) is 1.31. The van der Waals surface area contributed by atoms with Gasteiger partial charge < -0.3 is 4.48 Å². The van der Waals surface area contributed by atoms with Crippen molar-refractivity contribution in [1.82, 2.24) is 0 Å². The Hall–Kier alpha value is -0.0400. The Labute approximate surface area is 51.9 Å². The Morgan fingerprint density at radius 3 is 2.00 bits per heavy atom. The highest BCUT2D eigenvalue weighted by Crippen LogP contribution is 2.19. The largest absolute Gasteiger partial charge is 0.315 e. The predicted molar refractivity (Wildman–Crippen MR) is 35.7 cm³/mol. The monoisotopic (exact) mass is 114 g/mol. The molecule has 0 aromatic rings. The van der Waals surface area contributed by atoms with Gasteiger partial charge in [0.05, 0.1) is 13.1 Å². The highest BCUT2D eigenvalue weighted by Gasteiger charge is 2.38. The smallest absolute Gasteiger partial charge is 0.129 e. The minimum absolute atomic E-state index is 1.36. The second kappa shape index (κ2) is 2.06. The van der Waals surface area contributed by atoms with E-state index >= 15 is 0 Å². The van der Waals surface area contributed by atoms with Gasteiger partial charge in [0.2, 0.25) is 0 Å². The van der Waals surface area contributed by atoms with Crippen LogP contribution in [0.25, 0.3) is 0 Å². The van der Waals surface area contributed by atoms with Crippen molar-refractivity contribution in [3.63, 3.8) is 0 Å². The third kappa shape index (κ3) is 1.03. The van der Waals surface area contributed by atoms with Crippen LogP contribution in [0.4, 0.5) is 0 Å². The van der Waals surface area contributed by atoms with E-state index in [2.05, 4.69) is 13.8 Å². The van der Waals surface area contributed by atoms with E-state index < -0.39 is 0 Å². The molecule has 0 bridgehead atoms. The molecule has 48 valence electrons. The van der Waals surface area contributed by atoms with Crippen molar-refractivity contribution in [3.8, 4) is 0 Å². The number of rotatable bonds is 3. The lowest BCUT2D eigenvalue weighted by atomic mass is 10.4. The molecule has 0 aromatic carbocycles. The zero-order valence-corrected chi connectivity index (χ0v) is 5.98. The molecule has 1 heteroatoms. The molecule has 0 unspecified atom stereocenters. The molecule has 0 amide bonds. The predicted octanol–water partition coefficient (Wildman–Crippen LogP) is 1.25. The molecule has 1 saturated heterocycles. The number of nitrogens with zero attached hydrogens (tertiary/aromatic N) is 1. The molecule has 0 atom stereocenters. The summed E-state index contributed by atoms with van der Waals surface area (Å²) in [6, 6.07) is 0. The molecule has 1 fully saturated rings. The first-order valence-corrected chi connectivity index (χ1v) is 3.68. The first-order chi connectivity index (χ1) is 3.83. The molecule has 1 aliphatic rings. The van der Waals surface area contributed by atoms with Crippen LogP contribution in [0.15, 0.2) is 0 Å². The number of likely N-dealkylation sites (N-methyl/N-ethyl adjacent to an activating group) is 1. The summed E-state index contributed by atoms with van der Waals surface area (Å²) in [4.78, 5) is 0. The molecule has 0 spiro atoms. The van der Waals surface area contributed by atoms with Crippen LogP contribution in [-0.2, 0) is 0 Å². The Bertz CT molecular complexity index is 74.5. The van der Waals surface area contributed by atoms with Gasteiger partial charge in [0.25, 0.3) is 0 Å². The third-order valence-electron chi connectivity index (χ3n) is 2.22. The average Bonchev–Trinajstić information content (AvgIpc) is 2.50. The van der Waals surface area contributed by atoms with Crippen molar-refractivity contribution in [1.29, 1.82) is 0 Å². The highest BCUT2D eigenvalue weighted by molar-refractivity contribution is 4.53. The van der Waals surface area contributed by atoms with Crippen LogP contribution >= 0.6 is 0 Å². The van der Waals surface area contributed by atoms with Gasteiger partial charge in [-0.3, -0.25) is 0 Å². The molecule has 8 heavy (non-hydrogen) atoms. The Balaban J connectivity index is 2.20. The number of hydrogen-bond acceptors (Lipinski definition) is 0. The SMILES string of the molecule is CCC[N+]1(CC)CC1. The lowest BCUT2D eigenvalue weighted by Gasteiger charge is -2.13. The van der Waals surface area contributed by atoms with Crippen molar-refractivity contribution in [2.45, 2.75) is 20.3 Å². The van der Waals surface area contributed by atoms with E-state index in [0.717, 1.165) is 0 Å². The maximum atomic E-state index is 2.29. The quantitative estimate of drug-likeness (QED) is 0.382. The lowest BCUT2D eigenvalue weighted by molar-refractivity contribution is -0.797. The van der Waals surface area contributed by atoms with Gasteiger partial charge in [-0.15, -0.1) is 0 Å². The maximum absolute atomic E-state index is 2.29. The van der Waals surface area contributed by atoms with Crippen LogP contribution in [-0.4, -0.2) is 30.7 Å². The zero-order valence-electron chi connectivity index (χ0n) is 5.98. The first kappa shape index (κ1) is 6.09. The van der Waals surface area contributed by atoms with Crippen LogP contribution in [0.3, 0.4) is 0 Å². The van der Waals surface area contributed by atoms with Crippen LogP contribution in [0.1, 0.15) is 20.3 Å². The summed E-state index contributed by atoms with van der Waals surface area (Å²) in [7, 11) is 0. The van der Waals surface area contributed by atoms with Crippen molar-refractivity contribution in [2.75, 3.05) is 26.2 Å². The highest BCUT2D eigenvalue weighted by atomic mass is 15.5. The van der Waals surface area contributed by atoms with E-state index in [0.29, 0.717) is 0 Å². The summed E-state index contributed by atoms with van der Waals surface area (Å²) >= 11 is 0. The van der Waals surface area contributed by atoms with Gasteiger partial charge in [-0.2, -0.15) is 0 Å². The summed E-state index contributed by atoms with van der Waals surface area (Å²) in [5, 5.41) is 0. The molecule has 1 nitrogen and oxygen atoms in total. The summed E-state index contributed by atoms with van der Waals surface area (Å²) in [5.41, 5.74) is 0. The van der Waals surface area contributed by atoms with E-state index in [1.165, 1.54) is 37.1 Å². The summed E-state index contributed by atoms with van der Waals surface area (Å²) < 4.78 is 1.41. The van der Waals surface area contributed by atoms with Gasteiger partial charge in [0, 0.05) is 0 Å². The van der Waals surface area contributed by atoms with Crippen molar-refractivity contribution in [2.24, 2.45) is 0 Å².